The first-order valence-electron chi connectivity index (χ1n) is 7.92. The van der Waals surface area contributed by atoms with Crippen LogP contribution in [0.5, 0.6) is 0 Å². The van der Waals surface area contributed by atoms with Crippen LogP contribution in [0.4, 0.5) is 5.13 Å². The minimum atomic E-state index is -0.455. The highest BCUT2D eigenvalue weighted by molar-refractivity contribution is 7.13. The van der Waals surface area contributed by atoms with Crippen LogP contribution in [0, 0.1) is 0 Å². The SMILES string of the molecule is NC(=O)Cc1csc(NC(=O)CC(c2ccc(Cl)cc2)n2cccc2)n1. The van der Waals surface area contributed by atoms with Gasteiger partial charge in [-0.1, -0.05) is 23.7 Å². The zero-order valence-electron chi connectivity index (χ0n) is 13.8. The number of amides is 2. The minimum Gasteiger partial charge on any atom is -0.369 e. The van der Waals surface area contributed by atoms with Gasteiger partial charge in [0.25, 0.3) is 0 Å². The number of benzene rings is 1. The van der Waals surface area contributed by atoms with Crippen LogP contribution in [0.25, 0.3) is 0 Å². The van der Waals surface area contributed by atoms with E-state index in [0.29, 0.717) is 15.8 Å². The molecular weight excluding hydrogens is 372 g/mol. The van der Waals surface area contributed by atoms with Crippen molar-refractivity contribution in [1.82, 2.24) is 9.55 Å². The maximum Gasteiger partial charge on any atom is 0.228 e. The molecule has 1 atom stereocenters. The number of rotatable bonds is 7. The fraction of sp³-hybridized carbons (Fsp3) is 0.167. The Morgan fingerprint density at radius 2 is 1.92 bits per heavy atom. The lowest BCUT2D eigenvalue weighted by Gasteiger charge is -2.19. The molecule has 3 rings (SSSR count). The summed E-state index contributed by atoms with van der Waals surface area (Å²) in [5.41, 5.74) is 6.69. The fourth-order valence-electron chi connectivity index (χ4n) is 2.61. The van der Waals surface area contributed by atoms with Crippen LogP contribution in [0.2, 0.25) is 5.02 Å². The summed E-state index contributed by atoms with van der Waals surface area (Å²) >= 11 is 7.23. The molecule has 0 radical (unpaired) electrons. The number of nitrogens with one attached hydrogen (secondary N) is 1. The standard InChI is InChI=1S/C18H17ClN4O2S/c19-13-5-3-12(4-6-13)15(23-7-1-2-8-23)10-17(25)22-18-21-14(11-26-18)9-16(20)24/h1-8,11,15H,9-10H2,(H2,20,24)(H,21,22,25). The van der Waals surface area contributed by atoms with E-state index in [1.54, 1.807) is 5.38 Å². The number of primary amides is 1. The molecule has 6 nitrogen and oxygen atoms in total. The lowest BCUT2D eigenvalue weighted by atomic mass is 10.0. The molecule has 134 valence electrons. The van der Waals surface area contributed by atoms with Crippen molar-refractivity contribution < 1.29 is 9.59 Å². The van der Waals surface area contributed by atoms with E-state index in [2.05, 4.69) is 10.3 Å². The lowest BCUT2D eigenvalue weighted by molar-refractivity contribution is -0.117. The lowest BCUT2D eigenvalue weighted by Crippen LogP contribution is -2.19. The normalized spacial score (nSPS) is 11.9. The van der Waals surface area contributed by atoms with Gasteiger partial charge in [-0.25, -0.2) is 4.98 Å². The van der Waals surface area contributed by atoms with Crippen LogP contribution in [-0.4, -0.2) is 21.4 Å². The summed E-state index contributed by atoms with van der Waals surface area (Å²) in [4.78, 5) is 27.7. The number of carbonyl (C=O) groups excluding carboxylic acids is 2. The van der Waals surface area contributed by atoms with Crippen molar-refractivity contribution in [3.8, 4) is 0 Å². The van der Waals surface area contributed by atoms with Crippen molar-refractivity contribution in [2.24, 2.45) is 5.73 Å². The summed E-state index contributed by atoms with van der Waals surface area (Å²) in [7, 11) is 0. The molecule has 3 aromatic rings. The topological polar surface area (TPSA) is 90.0 Å². The zero-order chi connectivity index (χ0) is 18.5. The number of nitrogens with zero attached hydrogens (tertiary/aromatic N) is 2. The van der Waals surface area contributed by atoms with Crippen LogP contribution in [0.3, 0.4) is 0 Å². The van der Waals surface area contributed by atoms with Crippen molar-refractivity contribution in [3.05, 3.63) is 70.5 Å². The molecule has 0 aliphatic heterocycles. The second-order valence-electron chi connectivity index (χ2n) is 5.74. The summed E-state index contributed by atoms with van der Waals surface area (Å²) in [5.74, 6) is -0.623. The summed E-state index contributed by atoms with van der Waals surface area (Å²) in [6.07, 6.45) is 4.13. The molecular formula is C18H17ClN4O2S. The van der Waals surface area contributed by atoms with E-state index in [1.165, 1.54) is 11.3 Å². The van der Waals surface area contributed by atoms with Gasteiger partial charge < -0.3 is 15.6 Å². The van der Waals surface area contributed by atoms with Crippen molar-refractivity contribution in [1.29, 1.82) is 0 Å². The van der Waals surface area contributed by atoms with E-state index in [-0.39, 0.29) is 24.8 Å². The molecule has 2 heterocycles. The predicted molar refractivity (Wildman–Crippen MR) is 102 cm³/mol. The Hall–Kier alpha value is -2.64. The maximum absolute atomic E-state index is 12.5. The molecule has 0 aliphatic rings. The van der Waals surface area contributed by atoms with Crippen LogP contribution < -0.4 is 11.1 Å². The van der Waals surface area contributed by atoms with E-state index >= 15 is 0 Å². The highest BCUT2D eigenvalue weighted by Gasteiger charge is 2.18. The van der Waals surface area contributed by atoms with Crippen LogP contribution in [-0.2, 0) is 16.0 Å². The Morgan fingerprint density at radius 1 is 1.23 bits per heavy atom. The summed E-state index contributed by atoms with van der Waals surface area (Å²) in [5, 5.41) is 5.60. The maximum atomic E-state index is 12.5. The number of anilines is 1. The van der Waals surface area contributed by atoms with Crippen LogP contribution in [0.15, 0.2) is 54.2 Å². The molecule has 3 N–H and O–H groups in total. The van der Waals surface area contributed by atoms with Gasteiger partial charge in [0.1, 0.15) is 0 Å². The Kier molecular flexibility index (Phi) is 5.70. The van der Waals surface area contributed by atoms with Gasteiger partial charge in [-0.2, -0.15) is 0 Å². The monoisotopic (exact) mass is 388 g/mol. The Balaban J connectivity index is 1.72. The van der Waals surface area contributed by atoms with Gasteiger partial charge in [-0.15, -0.1) is 11.3 Å². The van der Waals surface area contributed by atoms with Gasteiger partial charge in [-0.05, 0) is 29.8 Å². The zero-order valence-corrected chi connectivity index (χ0v) is 15.3. The van der Waals surface area contributed by atoms with Gasteiger partial charge in [0, 0.05) is 22.8 Å². The first kappa shape index (κ1) is 18.2. The summed E-state index contributed by atoms with van der Waals surface area (Å²) in [6.45, 7) is 0. The average molecular weight is 389 g/mol. The van der Waals surface area contributed by atoms with Crippen molar-refractivity contribution >= 4 is 39.9 Å². The number of carbonyl (C=O) groups is 2. The van der Waals surface area contributed by atoms with Crippen molar-refractivity contribution in [3.63, 3.8) is 0 Å². The molecule has 2 amide bonds. The van der Waals surface area contributed by atoms with Gasteiger partial charge in [0.05, 0.1) is 24.6 Å². The van der Waals surface area contributed by atoms with Gasteiger partial charge in [0.15, 0.2) is 5.13 Å². The second kappa shape index (κ2) is 8.16. The summed E-state index contributed by atoms with van der Waals surface area (Å²) in [6, 6.07) is 11.1. The average Bonchev–Trinajstić information content (AvgIpc) is 3.25. The molecule has 0 saturated heterocycles. The van der Waals surface area contributed by atoms with Gasteiger partial charge in [0.2, 0.25) is 11.8 Å². The highest BCUT2D eigenvalue weighted by Crippen LogP contribution is 2.25. The van der Waals surface area contributed by atoms with Crippen molar-refractivity contribution in [2.75, 3.05) is 5.32 Å². The molecule has 2 aromatic heterocycles. The minimum absolute atomic E-state index is 0.0587. The van der Waals surface area contributed by atoms with Gasteiger partial charge >= 0.3 is 0 Å². The number of thiazole rings is 1. The van der Waals surface area contributed by atoms with E-state index < -0.39 is 5.91 Å². The molecule has 1 aromatic carbocycles. The van der Waals surface area contributed by atoms with E-state index in [1.807, 2.05) is 53.4 Å². The Labute approximate surface area is 159 Å². The predicted octanol–water partition coefficient (Wildman–Crippen LogP) is 3.24. The van der Waals surface area contributed by atoms with E-state index in [9.17, 15) is 9.59 Å². The quantitative estimate of drug-likeness (QED) is 0.651. The third kappa shape index (κ3) is 4.71. The number of nitrogens with two attached hydrogens (primary N) is 1. The molecule has 1 unspecified atom stereocenters. The highest BCUT2D eigenvalue weighted by atomic mass is 35.5. The van der Waals surface area contributed by atoms with Gasteiger partial charge in [-0.3, -0.25) is 9.59 Å². The van der Waals surface area contributed by atoms with Crippen LogP contribution in [0.1, 0.15) is 23.7 Å². The molecule has 0 aliphatic carbocycles. The molecule has 0 bridgehead atoms. The Bertz CT molecular complexity index is 890. The van der Waals surface area contributed by atoms with E-state index in [4.69, 9.17) is 17.3 Å². The number of hydrogen-bond donors (Lipinski definition) is 2. The molecule has 26 heavy (non-hydrogen) atoms. The molecule has 0 saturated carbocycles. The first-order valence-corrected chi connectivity index (χ1v) is 9.17. The smallest absolute Gasteiger partial charge is 0.228 e. The Morgan fingerprint density at radius 3 is 2.58 bits per heavy atom. The van der Waals surface area contributed by atoms with Crippen molar-refractivity contribution in [2.45, 2.75) is 18.9 Å². The second-order valence-corrected chi connectivity index (χ2v) is 7.03. The molecule has 0 spiro atoms. The molecule has 0 fully saturated rings. The number of hydrogen-bond acceptors (Lipinski definition) is 4. The summed E-state index contributed by atoms with van der Waals surface area (Å²) < 4.78 is 1.98. The molecule has 8 heteroatoms. The third-order valence-corrected chi connectivity index (χ3v) is 4.83. The third-order valence-electron chi connectivity index (χ3n) is 3.77. The van der Waals surface area contributed by atoms with Crippen LogP contribution >= 0.6 is 22.9 Å². The first-order chi connectivity index (χ1) is 12.5. The van der Waals surface area contributed by atoms with E-state index in [0.717, 1.165) is 5.56 Å². The number of halogens is 1. The largest absolute Gasteiger partial charge is 0.369 e. The number of aromatic nitrogens is 2. The fourth-order valence-corrected chi connectivity index (χ4v) is 3.46.